The fraction of sp³-hybridized carbons (Fsp3) is 1.00. The van der Waals surface area contributed by atoms with Gasteiger partial charge in [0.25, 0.3) is 0 Å². The fourth-order valence-corrected chi connectivity index (χ4v) is 3.34. The van der Waals surface area contributed by atoms with Crippen molar-refractivity contribution in [2.75, 3.05) is 13.6 Å². The molecule has 2 aliphatic rings. The third-order valence-corrected chi connectivity index (χ3v) is 3.94. The molecule has 1 aliphatic carbocycles. The number of aliphatic hydroxyl groups is 1. The van der Waals surface area contributed by atoms with Crippen molar-refractivity contribution in [1.29, 1.82) is 0 Å². The second-order valence-corrected chi connectivity index (χ2v) is 5.81. The quantitative estimate of drug-likeness (QED) is 0.746. The zero-order valence-corrected chi connectivity index (χ0v) is 9.66. The summed E-state index contributed by atoms with van der Waals surface area (Å²) in [5.74, 6) is 0.795. The predicted molar refractivity (Wildman–Crippen MR) is 58.2 cm³/mol. The van der Waals surface area contributed by atoms with Crippen LogP contribution in [0.4, 0.5) is 0 Å². The van der Waals surface area contributed by atoms with E-state index in [1.807, 2.05) is 0 Å². The lowest BCUT2D eigenvalue weighted by Crippen LogP contribution is -2.34. The number of hydrogen-bond donors (Lipinski definition) is 1. The normalized spacial score (nSPS) is 36.6. The molecule has 0 spiro atoms. The first-order valence-corrected chi connectivity index (χ1v) is 5.92. The molecule has 14 heavy (non-hydrogen) atoms. The summed E-state index contributed by atoms with van der Waals surface area (Å²) in [6, 6.07) is 0.653. The van der Waals surface area contributed by atoms with E-state index in [4.69, 9.17) is 0 Å². The molecule has 2 rings (SSSR count). The van der Waals surface area contributed by atoms with Crippen molar-refractivity contribution < 1.29 is 5.11 Å². The highest BCUT2D eigenvalue weighted by molar-refractivity contribution is 5.06. The van der Waals surface area contributed by atoms with E-state index >= 15 is 0 Å². The molecule has 2 fully saturated rings. The number of nitrogens with zero attached hydrogens (tertiary/aromatic N) is 1. The second kappa shape index (κ2) is 3.49. The molecular formula is C12H23NO. The van der Waals surface area contributed by atoms with Crippen LogP contribution in [0.15, 0.2) is 0 Å². The van der Waals surface area contributed by atoms with Crippen LogP contribution in [0.5, 0.6) is 0 Å². The van der Waals surface area contributed by atoms with Gasteiger partial charge >= 0.3 is 0 Å². The lowest BCUT2D eigenvalue weighted by molar-refractivity contribution is 0.181. The molecule has 0 amide bonds. The molecule has 2 heteroatoms. The van der Waals surface area contributed by atoms with Crippen LogP contribution in [0.1, 0.15) is 39.5 Å². The van der Waals surface area contributed by atoms with E-state index in [-0.39, 0.29) is 6.10 Å². The molecule has 0 radical (unpaired) electrons. The van der Waals surface area contributed by atoms with Crippen LogP contribution in [0, 0.1) is 11.3 Å². The summed E-state index contributed by atoms with van der Waals surface area (Å²) in [7, 11) is 2.17. The fourth-order valence-electron chi connectivity index (χ4n) is 3.34. The van der Waals surface area contributed by atoms with Crippen molar-refractivity contribution in [3.8, 4) is 0 Å². The predicted octanol–water partition coefficient (Wildman–Crippen LogP) is 1.88. The smallest absolute Gasteiger partial charge is 0.0682 e. The van der Waals surface area contributed by atoms with Gasteiger partial charge in [0, 0.05) is 12.6 Å². The molecule has 1 saturated heterocycles. The van der Waals surface area contributed by atoms with Gasteiger partial charge < -0.3 is 10.0 Å². The van der Waals surface area contributed by atoms with Crippen LogP contribution in [-0.2, 0) is 0 Å². The molecule has 0 bridgehead atoms. The molecule has 0 aromatic carbocycles. The summed E-state index contributed by atoms with van der Waals surface area (Å²) in [6.45, 7) is 5.50. The Balaban J connectivity index is 2.00. The third kappa shape index (κ3) is 1.82. The first-order valence-electron chi connectivity index (χ1n) is 5.92. The van der Waals surface area contributed by atoms with Crippen LogP contribution >= 0.6 is 0 Å². The van der Waals surface area contributed by atoms with Gasteiger partial charge in [-0.15, -0.1) is 0 Å². The van der Waals surface area contributed by atoms with Crippen molar-refractivity contribution in [2.24, 2.45) is 11.3 Å². The monoisotopic (exact) mass is 197 g/mol. The second-order valence-electron chi connectivity index (χ2n) is 5.81. The Bertz CT molecular complexity index is 210. The van der Waals surface area contributed by atoms with Gasteiger partial charge in [0.15, 0.2) is 0 Å². The van der Waals surface area contributed by atoms with Gasteiger partial charge in [0.05, 0.1) is 6.10 Å². The summed E-state index contributed by atoms with van der Waals surface area (Å²) >= 11 is 0. The Morgan fingerprint density at radius 1 is 1.43 bits per heavy atom. The minimum Gasteiger partial charge on any atom is -0.392 e. The number of rotatable bonds is 3. The van der Waals surface area contributed by atoms with Crippen LogP contribution in [0.25, 0.3) is 0 Å². The Hall–Kier alpha value is -0.0800. The van der Waals surface area contributed by atoms with Crippen LogP contribution < -0.4 is 0 Å². The standard InChI is InChI=1S/C12H23NO/c1-9(2)7-12(4-5-12)11-6-10(14)8-13(11)3/h9-11,14H,4-8H2,1-3H3. The zero-order chi connectivity index (χ0) is 10.3. The van der Waals surface area contributed by atoms with Crippen molar-refractivity contribution in [3.05, 3.63) is 0 Å². The van der Waals surface area contributed by atoms with Gasteiger partial charge in [0.1, 0.15) is 0 Å². The van der Waals surface area contributed by atoms with Gasteiger partial charge in [-0.1, -0.05) is 13.8 Å². The molecule has 1 saturated carbocycles. The highest BCUT2D eigenvalue weighted by Crippen LogP contribution is 2.56. The molecule has 1 heterocycles. The highest BCUT2D eigenvalue weighted by atomic mass is 16.3. The van der Waals surface area contributed by atoms with Gasteiger partial charge in [-0.2, -0.15) is 0 Å². The lowest BCUT2D eigenvalue weighted by atomic mass is 9.85. The molecule has 0 aromatic heterocycles. The summed E-state index contributed by atoms with van der Waals surface area (Å²) < 4.78 is 0. The maximum absolute atomic E-state index is 9.65. The lowest BCUT2D eigenvalue weighted by Gasteiger charge is -2.30. The summed E-state index contributed by atoms with van der Waals surface area (Å²) in [6.07, 6.45) is 5.03. The SMILES string of the molecule is CC(C)CC1(C2CC(O)CN2C)CC1. The van der Waals surface area contributed by atoms with Crippen LogP contribution in [0.3, 0.4) is 0 Å². The molecule has 2 nitrogen and oxygen atoms in total. The van der Waals surface area contributed by atoms with Crippen LogP contribution in [-0.4, -0.2) is 35.7 Å². The first-order chi connectivity index (χ1) is 6.53. The number of hydrogen-bond acceptors (Lipinski definition) is 2. The summed E-state index contributed by atoms with van der Waals surface area (Å²) in [4.78, 5) is 2.38. The summed E-state index contributed by atoms with van der Waals surface area (Å²) in [5, 5.41) is 9.65. The van der Waals surface area contributed by atoms with Gasteiger partial charge in [-0.05, 0) is 44.1 Å². The van der Waals surface area contributed by atoms with Crippen LogP contribution in [0.2, 0.25) is 0 Å². The van der Waals surface area contributed by atoms with E-state index in [0.717, 1.165) is 18.9 Å². The molecule has 1 aliphatic heterocycles. The first kappa shape index (κ1) is 10.4. The summed E-state index contributed by atoms with van der Waals surface area (Å²) in [5.41, 5.74) is 0.570. The van der Waals surface area contributed by atoms with Gasteiger partial charge in [-0.3, -0.25) is 0 Å². The zero-order valence-electron chi connectivity index (χ0n) is 9.66. The highest BCUT2D eigenvalue weighted by Gasteiger charge is 2.53. The molecule has 0 aromatic rings. The van der Waals surface area contributed by atoms with Crippen molar-refractivity contribution in [1.82, 2.24) is 4.90 Å². The number of β-amino-alcohol motifs (C(OH)–C–C–N with tert-alkyl or cyclic N) is 1. The molecular weight excluding hydrogens is 174 g/mol. The Kier molecular flexibility index (Phi) is 2.61. The number of likely N-dealkylation sites (N-methyl/N-ethyl adjacent to an activating group) is 1. The largest absolute Gasteiger partial charge is 0.392 e. The Morgan fingerprint density at radius 2 is 2.07 bits per heavy atom. The Morgan fingerprint density at radius 3 is 2.43 bits per heavy atom. The van der Waals surface area contributed by atoms with E-state index in [1.54, 1.807) is 0 Å². The maximum Gasteiger partial charge on any atom is 0.0682 e. The minimum atomic E-state index is -0.0744. The van der Waals surface area contributed by atoms with E-state index in [0.29, 0.717) is 11.5 Å². The number of aliphatic hydroxyl groups excluding tert-OH is 1. The van der Waals surface area contributed by atoms with Gasteiger partial charge in [0.2, 0.25) is 0 Å². The average molecular weight is 197 g/mol. The molecule has 2 atom stereocenters. The van der Waals surface area contributed by atoms with Crippen molar-refractivity contribution in [3.63, 3.8) is 0 Å². The average Bonchev–Trinajstić information content (AvgIpc) is 2.72. The van der Waals surface area contributed by atoms with E-state index in [1.165, 1.54) is 19.3 Å². The van der Waals surface area contributed by atoms with Crippen molar-refractivity contribution in [2.45, 2.75) is 51.7 Å². The van der Waals surface area contributed by atoms with Crippen molar-refractivity contribution >= 4 is 0 Å². The minimum absolute atomic E-state index is 0.0744. The van der Waals surface area contributed by atoms with E-state index in [9.17, 15) is 5.11 Å². The maximum atomic E-state index is 9.65. The third-order valence-electron chi connectivity index (χ3n) is 3.94. The van der Waals surface area contributed by atoms with Gasteiger partial charge in [-0.25, -0.2) is 0 Å². The molecule has 82 valence electrons. The van der Waals surface area contributed by atoms with E-state index < -0.39 is 0 Å². The molecule has 1 N–H and O–H groups in total. The van der Waals surface area contributed by atoms with E-state index in [2.05, 4.69) is 25.8 Å². The number of likely N-dealkylation sites (tertiary alicyclic amines) is 1. The topological polar surface area (TPSA) is 23.5 Å². The molecule has 2 unspecified atom stereocenters. The Labute approximate surface area is 87.3 Å².